The van der Waals surface area contributed by atoms with Gasteiger partial charge in [-0.05, 0) is 30.5 Å². The van der Waals surface area contributed by atoms with Crippen molar-refractivity contribution >= 4 is 23.6 Å². The van der Waals surface area contributed by atoms with Crippen molar-refractivity contribution in [2.75, 3.05) is 38.8 Å². The molecule has 2 rings (SSSR count). The lowest BCUT2D eigenvalue weighted by Gasteiger charge is -2.23. The molecule has 0 fully saturated rings. The summed E-state index contributed by atoms with van der Waals surface area (Å²) in [6.45, 7) is 1.06. The van der Waals surface area contributed by atoms with Crippen LogP contribution >= 0.6 is 11.8 Å². The summed E-state index contributed by atoms with van der Waals surface area (Å²) in [6, 6.07) is 15.2. The van der Waals surface area contributed by atoms with Gasteiger partial charge in [0, 0.05) is 30.5 Å². The van der Waals surface area contributed by atoms with E-state index in [1.54, 1.807) is 37.3 Å². The number of aliphatic carboxylic acids is 1. The van der Waals surface area contributed by atoms with E-state index in [0.717, 1.165) is 12.8 Å². The van der Waals surface area contributed by atoms with Crippen molar-refractivity contribution in [1.82, 2.24) is 4.90 Å². The number of methoxy groups -OCH3 is 2. The van der Waals surface area contributed by atoms with Gasteiger partial charge >= 0.3 is 5.97 Å². The fraction of sp³-hybridized carbons (Fsp3) is 0.364. The number of benzene rings is 2. The molecular formula is C22H27NO5S. The topological polar surface area (TPSA) is 76.1 Å². The Labute approximate surface area is 175 Å². The Morgan fingerprint density at radius 2 is 1.66 bits per heavy atom. The van der Waals surface area contributed by atoms with Gasteiger partial charge in [-0.15, -0.1) is 11.8 Å². The zero-order valence-electron chi connectivity index (χ0n) is 16.8. The van der Waals surface area contributed by atoms with E-state index in [0.29, 0.717) is 35.9 Å². The lowest BCUT2D eigenvalue weighted by Crippen LogP contribution is -2.34. The highest BCUT2D eigenvalue weighted by Crippen LogP contribution is 2.23. The molecule has 0 aliphatic carbocycles. The monoisotopic (exact) mass is 417 g/mol. The van der Waals surface area contributed by atoms with Crippen molar-refractivity contribution in [3.8, 4) is 11.5 Å². The number of carbonyl (C=O) groups is 2. The number of carboxylic acid groups (broad SMARTS) is 1. The minimum absolute atomic E-state index is 0.0268. The molecule has 0 saturated heterocycles. The Kier molecular flexibility index (Phi) is 9.37. The van der Waals surface area contributed by atoms with Gasteiger partial charge < -0.3 is 19.5 Å². The average molecular weight is 418 g/mol. The molecule has 2 aromatic carbocycles. The van der Waals surface area contributed by atoms with Crippen molar-refractivity contribution in [3.05, 3.63) is 59.7 Å². The van der Waals surface area contributed by atoms with E-state index in [1.807, 2.05) is 18.2 Å². The van der Waals surface area contributed by atoms with Gasteiger partial charge in [-0.2, -0.15) is 0 Å². The highest BCUT2D eigenvalue weighted by Gasteiger charge is 2.18. The highest BCUT2D eigenvalue weighted by atomic mass is 32.2. The number of aryl methyl sites for hydroxylation is 1. The van der Waals surface area contributed by atoms with Crippen LogP contribution in [0.2, 0.25) is 0 Å². The number of thioether (sulfide) groups is 1. The molecule has 0 unspecified atom stereocenters. The smallest absolute Gasteiger partial charge is 0.313 e. The molecular weight excluding hydrogens is 390 g/mol. The first-order valence-electron chi connectivity index (χ1n) is 9.39. The molecule has 0 aliphatic rings. The first-order chi connectivity index (χ1) is 14.0. The van der Waals surface area contributed by atoms with Crippen LogP contribution in [0.1, 0.15) is 22.3 Å². The molecule has 0 bridgehead atoms. The van der Waals surface area contributed by atoms with E-state index < -0.39 is 5.97 Å². The summed E-state index contributed by atoms with van der Waals surface area (Å²) in [5.41, 5.74) is 1.72. The van der Waals surface area contributed by atoms with E-state index in [2.05, 4.69) is 12.1 Å². The van der Waals surface area contributed by atoms with Crippen LogP contribution in [-0.4, -0.2) is 60.7 Å². The van der Waals surface area contributed by atoms with Gasteiger partial charge in [0.1, 0.15) is 11.5 Å². The van der Waals surface area contributed by atoms with Gasteiger partial charge in [0.15, 0.2) is 0 Å². The highest BCUT2D eigenvalue weighted by molar-refractivity contribution is 7.99. The van der Waals surface area contributed by atoms with Gasteiger partial charge in [0.05, 0.1) is 20.0 Å². The third-order valence-electron chi connectivity index (χ3n) is 4.35. The number of amides is 1. The zero-order valence-corrected chi connectivity index (χ0v) is 17.6. The number of rotatable bonds is 12. The van der Waals surface area contributed by atoms with E-state index in [-0.39, 0.29) is 11.7 Å². The molecule has 2 aromatic rings. The predicted molar refractivity (Wildman–Crippen MR) is 115 cm³/mol. The lowest BCUT2D eigenvalue weighted by atomic mass is 10.1. The summed E-state index contributed by atoms with van der Waals surface area (Å²) < 4.78 is 10.5. The van der Waals surface area contributed by atoms with E-state index in [4.69, 9.17) is 14.6 Å². The molecule has 1 N–H and O–H groups in total. The molecule has 0 aromatic heterocycles. The van der Waals surface area contributed by atoms with Crippen molar-refractivity contribution in [2.45, 2.75) is 12.8 Å². The van der Waals surface area contributed by atoms with Crippen LogP contribution in [0.25, 0.3) is 0 Å². The molecule has 0 radical (unpaired) electrons. The molecule has 0 atom stereocenters. The Morgan fingerprint density at radius 3 is 2.24 bits per heavy atom. The third kappa shape index (κ3) is 7.69. The maximum absolute atomic E-state index is 13.1. The Bertz CT molecular complexity index is 775. The van der Waals surface area contributed by atoms with Crippen molar-refractivity contribution < 1.29 is 24.2 Å². The van der Waals surface area contributed by atoms with Crippen LogP contribution in [0.4, 0.5) is 0 Å². The summed E-state index contributed by atoms with van der Waals surface area (Å²) in [6.07, 6.45) is 1.69. The summed E-state index contributed by atoms with van der Waals surface area (Å²) in [4.78, 5) is 25.7. The Balaban J connectivity index is 2.07. The zero-order chi connectivity index (χ0) is 21.1. The van der Waals surface area contributed by atoms with E-state index in [9.17, 15) is 9.59 Å². The van der Waals surface area contributed by atoms with Crippen molar-refractivity contribution in [3.63, 3.8) is 0 Å². The maximum Gasteiger partial charge on any atom is 0.313 e. The molecule has 0 saturated carbocycles. The number of ether oxygens (including phenoxy) is 2. The SMILES string of the molecule is COc1cc(OC)cc(C(=O)N(CCCc2ccccc2)CCSCC(=O)O)c1. The van der Waals surface area contributed by atoms with Crippen molar-refractivity contribution in [1.29, 1.82) is 0 Å². The summed E-state index contributed by atoms with van der Waals surface area (Å²) in [5.74, 6) is 0.721. The van der Waals surface area contributed by atoms with Crippen molar-refractivity contribution in [2.24, 2.45) is 0 Å². The van der Waals surface area contributed by atoms with Crippen LogP contribution in [0.15, 0.2) is 48.5 Å². The van der Waals surface area contributed by atoms with E-state index >= 15 is 0 Å². The fourth-order valence-corrected chi connectivity index (χ4v) is 3.55. The Hall–Kier alpha value is -2.67. The van der Waals surface area contributed by atoms with Crippen LogP contribution in [0.3, 0.4) is 0 Å². The van der Waals surface area contributed by atoms with E-state index in [1.165, 1.54) is 17.3 Å². The largest absolute Gasteiger partial charge is 0.497 e. The quantitative estimate of drug-likeness (QED) is 0.532. The predicted octanol–water partition coefficient (Wildman–Crippen LogP) is 3.60. The second-order valence-corrected chi connectivity index (χ2v) is 7.53. The third-order valence-corrected chi connectivity index (χ3v) is 5.28. The molecule has 1 amide bonds. The number of hydrogen-bond donors (Lipinski definition) is 1. The molecule has 6 nitrogen and oxygen atoms in total. The standard InChI is InChI=1S/C22H27NO5S/c1-27-19-13-18(14-20(15-19)28-2)22(26)23(11-12-29-16-21(24)25)10-6-9-17-7-4-3-5-8-17/h3-5,7-8,13-15H,6,9-12,16H2,1-2H3,(H,24,25). The number of hydrogen-bond acceptors (Lipinski definition) is 5. The number of nitrogens with zero attached hydrogens (tertiary/aromatic N) is 1. The van der Waals surface area contributed by atoms with Gasteiger partial charge in [-0.1, -0.05) is 30.3 Å². The Morgan fingerprint density at radius 1 is 1.00 bits per heavy atom. The molecule has 29 heavy (non-hydrogen) atoms. The lowest BCUT2D eigenvalue weighted by molar-refractivity contribution is -0.133. The molecule has 0 heterocycles. The summed E-state index contributed by atoms with van der Waals surface area (Å²) >= 11 is 1.30. The van der Waals surface area contributed by atoms with Gasteiger partial charge in [0.25, 0.3) is 5.91 Å². The first-order valence-corrected chi connectivity index (χ1v) is 10.5. The molecule has 0 spiro atoms. The molecule has 0 aliphatic heterocycles. The van der Waals surface area contributed by atoms with Crippen LogP contribution in [0.5, 0.6) is 11.5 Å². The fourth-order valence-electron chi connectivity index (χ4n) is 2.88. The van der Waals surface area contributed by atoms with Crippen LogP contribution < -0.4 is 9.47 Å². The second kappa shape index (κ2) is 12.0. The second-order valence-electron chi connectivity index (χ2n) is 6.43. The first kappa shape index (κ1) is 22.6. The average Bonchev–Trinajstić information content (AvgIpc) is 2.75. The normalized spacial score (nSPS) is 10.4. The minimum Gasteiger partial charge on any atom is -0.497 e. The van der Waals surface area contributed by atoms with Gasteiger partial charge in [0.2, 0.25) is 0 Å². The minimum atomic E-state index is -0.852. The number of carboxylic acids is 1. The van der Waals surface area contributed by atoms with Gasteiger partial charge in [-0.25, -0.2) is 0 Å². The summed E-state index contributed by atoms with van der Waals surface area (Å²) in [5, 5.41) is 8.82. The maximum atomic E-state index is 13.1. The molecule has 7 heteroatoms. The van der Waals surface area contributed by atoms with Crippen LogP contribution in [0, 0.1) is 0 Å². The molecule has 156 valence electrons. The summed E-state index contributed by atoms with van der Waals surface area (Å²) in [7, 11) is 3.09. The number of carbonyl (C=O) groups excluding carboxylic acids is 1. The van der Waals surface area contributed by atoms with Gasteiger partial charge in [-0.3, -0.25) is 9.59 Å². The van der Waals surface area contributed by atoms with Crippen LogP contribution in [-0.2, 0) is 11.2 Å².